The van der Waals surface area contributed by atoms with E-state index in [0.717, 1.165) is 130 Å². The van der Waals surface area contributed by atoms with Crippen LogP contribution in [-0.2, 0) is 9.31 Å². The molecule has 16 aromatic carbocycles. The van der Waals surface area contributed by atoms with Gasteiger partial charge in [-0.15, -0.1) is 0 Å². The molecule has 0 bridgehead atoms. The molecule has 0 spiro atoms. The fourth-order valence-electron chi connectivity index (χ4n) is 14.7. The van der Waals surface area contributed by atoms with Crippen LogP contribution in [0.4, 0.5) is 34.1 Å². The summed E-state index contributed by atoms with van der Waals surface area (Å²) >= 11 is 10.7. The van der Waals surface area contributed by atoms with Gasteiger partial charge in [0.15, 0.2) is 0 Å². The van der Waals surface area contributed by atoms with Crippen molar-refractivity contribution in [3.05, 3.63) is 402 Å². The Morgan fingerprint density at radius 2 is 0.469 bits per heavy atom. The number of fused-ring (bicyclic) bond motifs is 6. The molecule has 1 aliphatic heterocycles. The Balaban J connectivity index is 0.000000143. The molecule has 1 fully saturated rings. The largest absolute Gasteiger partial charge is 0.494 e. The maximum atomic E-state index is 6.45. The molecule has 0 atom stereocenters. The smallest absolute Gasteiger partial charge is 0.454 e. The monoisotopic (exact) mass is 1660 g/mol. The van der Waals surface area contributed by atoms with E-state index < -0.39 is 7.12 Å². The Bertz CT molecular complexity index is 6080. The third-order valence-electron chi connectivity index (χ3n) is 21.3. The van der Waals surface area contributed by atoms with Crippen molar-refractivity contribution in [3.8, 4) is 77.9 Å². The molecular formula is C103H80BBr3N2O4. The van der Waals surface area contributed by atoms with Gasteiger partial charge in [-0.2, -0.15) is 0 Å². The van der Waals surface area contributed by atoms with Crippen molar-refractivity contribution in [1.29, 1.82) is 0 Å². The number of nitrogens with zero attached hydrogens (tertiary/aromatic N) is 2. The zero-order valence-corrected chi connectivity index (χ0v) is 66.9. The molecule has 0 aliphatic carbocycles. The Morgan fingerprint density at radius 3 is 0.796 bits per heavy atom. The van der Waals surface area contributed by atoms with E-state index in [1.807, 2.05) is 30.3 Å². The van der Waals surface area contributed by atoms with Crippen LogP contribution in [0.5, 0.6) is 0 Å². The van der Waals surface area contributed by atoms with Crippen LogP contribution < -0.4 is 15.3 Å². The van der Waals surface area contributed by atoms with Crippen molar-refractivity contribution in [2.75, 3.05) is 9.80 Å². The molecular weight excluding hydrogens is 1580 g/mol. The fraction of sp³-hybridized carbons (Fsp3) is 0.0680. The van der Waals surface area contributed by atoms with E-state index in [9.17, 15) is 0 Å². The molecule has 3 heterocycles. The number of benzene rings is 16. The van der Waals surface area contributed by atoms with E-state index in [-0.39, 0.29) is 18.6 Å². The molecule has 19 rings (SSSR count). The second-order valence-electron chi connectivity index (χ2n) is 28.9. The van der Waals surface area contributed by atoms with Crippen LogP contribution in [0.2, 0.25) is 0 Å². The molecule has 1 aliphatic rings. The number of hydrogen-bond donors (Lipinski definition) is 0. The lowest BCUT2D eigenvalue weighted by Crippen LogP contribution is -2.41. The van der Waals surface area contributed by atoms with Crippen molar-refractivity contribution in [2.24, 2.45) is 0 Å². The fourth-order valence-corrected chi connectivity index (χ4v) is 16.1. The van der Waals surface area contributed by atoms with E-state index in [0.29, 0.717) is 0 Å². The first-order valence-electron chi connectivity index (χ1n) is 37.6. The Hall–Kier alpha value is -11.9. The van der Waals surface area contributed by atoms with Crippen molar-refractivity contribution < 1.29 is 18.1 Å². The Morgan fingerprint density at radius 1 is 0.230 bits per heavy atom. The zero-order valence-electron chi connectivity index (χ0n) is 62.2. The summed E-state index contributed by atoms with van der Waals surface area (Å²) in [6.07, 6.45) is 0. The van der Waals surface area contributed by atoms with Gasteiger partial charge in [0.2, 0.25) is 0 Å². The van der Waals surface area contributed by atoms with Crippen molar-refractivity contribution in [2.45, 2.75) is 46.3 Å². The lowest BCUT2D eigenvalue weighted by molar-refractivity contribution is 0.00578. The highest BCUT2D eigenvalue weighted by Gasteiger charge is 2.51. The summed E-state index contributed by atoms with van der Waals surface area (Å²) in [4.78, 5) is 4.64. The molecule has 10 heteroatoms. The second-order valence-corrected chi connectivity index (χ2v) is 31.5. The molecule has 0 saturated carbocycles. The number of rotatable bonds is 14. The third kappa shape index (κ3) is 15.8. The summed E-state index contributed by atoms with van der Waals surface area (Å²) in [5, 5.41) is 4.51. The van der Waals surface area contributed by atoms with Gasteiger partial charge in [0.25, 0.3) is 0 Å². The quantitative estimate of drug-likeness (QED) is 0.101. The average Bonchev–Trinajstić information content (AvgIpc) is 1.62. The highest BCUT2D eigenvalue weighted by atomic mass is 79.9. The third-order valence-corrected chi connectivity index (χ3v) is 23.2. The molecule has 113 heavy (non-hydrogen) atoms. The molecule has 0 amide bonds. The Kier molecular flexibility index (Phi) is 21.9. The highest BCUT2D eigenvalue weighted by molar-refractivity contribution is 9.11. The number of hydrogen-bond acceptors (Lipinski definition) is 6. The normalized spacial score (nSPS) is 12.7. The van der Waals surface area contributed by atoms with Crippen molar-refractivity contribution >= 4 is 138 Å². The van der Waals surface area contributed by atoms with Crippen molar-refractivity contribution in [3.63, 3.8) is 0 Å². The number of para-hydroxylation sites is 4. The van der Waals surface area contributed by atoms with Gasteiger partial charge in [-0.3, -0.25) is 0 Å². The summed E-state index contributed by atoms with van der Waals surface area (Å²) in [5.74, 6) is 0. The summed E-state index contributed by atoms with van der Waals surface area (Å²) in [5.41, 5.74) is 26.8. The number of halogens is 3. The summed E-state index contributed by atoms with van der Waals surface area (Å²) in [6.45, 7) is 8.36. The van der Waals surface area contributed by atoms with E-state index in [2.05, 4.69) is 443 Å². The second kappa shape index (κ2) is 32.8. The molecule has 6 nitrogen and oxygen atoms in total. The van der Waals surface area contributed by atoms with Gasteiger partial charge in [-0.1, -0.05) is 299 Å². The van der Waals surface area contributed by atoms with E-state index in [1.165, 1.54) is 44.5 Å². The van der Waals surface area contributed by atoms with E-state index in [1.54, 1.807) is 0 Å². The van der Waals surface area contributed by atoms with Crippen LogP contribution in [0.3, 0.4) is 0 Å². The van der Waals surface area contributed by atoms with Crippen molar-refractivity contribution in [1.82, 2.24) is 0 Å². The Labute approximate surface area is 686 Å². The average molecular weight is 1660 g/mol. The first kappa shape index (κ1) is 75.2. The standard InChI is InChI=1S/C48H32BrNO.C42H38BNO2.C12H6Br2O.CH4/c49-46-19-9-18-45-44-17-8-16-43(47(44)51-48(45)46)39-15-7-14-38(32-39)37-24-30-42(31-25-37)50(40-26-20-35(21-27-40)33-10-3-1-4-11-33)41-28-22-36(23-29-41)34-12-5-2-6-13-34;1-41(2)42(3,4)46-43(45-41)37-17-11-16-36(30-37)35-22-28-40(29-23-35)44(38-24-18-33(19-25-38)31-12-7-5-8-13-31)39-26-20-34(21-27-39)32-14-9-6-10-15-32;13-9-5-1-3-7-8-4-2-6-10(14)12(8)15-11(7)9;/h1-32H;5-30H,1-4H3;1-6H;1H4. The first-order chi connectivity index (χ1) is 54.7. The molecule has 0 radical (unpaired) electrons. The van der Waals surface area contributed by atoms with Crippen LogP contribution in [0.15, 0.2) is 410 Å². The van der Waals surface area contributed by atoms with Crippen LogP contribution in [0.25, 0.3) is 122 Å². The highest BCUT2D eigenvalue weighted by Crippen LogP contribution is 2.45. The zero-order chi connectivity index (χ0) is 76.3. The molecule has 0 N–H and O–H groups in total. The molecule has 0 unspecified atom stereocenters. The van der Waals surface area contributed by atoms with Gasteiger partial charge in [-0.05, 0) is 250 Å². The minimum atomic E-state index is -0.391. The van der Waals surface area contributed by atoms with Gasteiger partial charge in [0, 0.05) is 61.2 Å². The predicted octanol–water partition coefficient (Wildman–Crippen LogP) is 30.7. The van der Waals surface area contributed by atoms with Gasteiger partial charge in [0.05, 0.1) is 24.6 Å². The molecule has 1 saturated heterocycles. The first-order valence-corrected chi connectivity index (χ1v) is 40.0. The molecule has 2 aromatic heterocycles. The van der Waals surface area contributed by atoms with Gasteiger partial charge < -0.3 is 27.9 Å². The number of anilines is 6. The SMILES string of the molecule is Brc1cccc2c1oc1c(-c3cccc(-c4ccc(N(c5ccc(-c6ccccc6)cc5)c5ccc(-c6ccccc6)cc5)cc4)c3)cccc12.Brc1cccc2c1oc1c(Br)cccc12.C.CC1(C)OB(c2cccc(-c3ccc(N(c4ccc(-c5ccccc5)cc4)c4ccc(-c5ccccc5)cc4)cc3)c2)OC1(C)C. The maximum Gasteiger partial charge on any atom is 0.494 e. The lowest BCUT2D eigenvalue weighted by atomic mass is 9.78. The van der Waals surface area contributed by atoms with Gasteiger partial charge in [-0.25, -0.2) is 0 Å². The predicted molar refractivity (Wildman–Crippen MR) is 487 cm³/mol. The van der Waals surface area contributed by atoms with Gasteiger partial charge in [0.1, 0.15) is 22.3 Å². The van der Waals surface area contributed by atoms with Crippen LogP contribution in [-0.4, -0.2) is 18.3 Å². The topological polar surface area (TPSA) is 51.2 Å². The summed E-state index contributed by atoms with van der Waals surface area (Å²) in [6, 6.07) is 137. The van der Waals surface area contributed by atoms with Crippen LogP contribution in [0.1, 0.15) is 35.1 Å². The molecule has 550 valence electrons. The summed E-state index contributed by atoms with van der Waals surface area (Å²) in [7, 11) is -0.391. The van der Waals surface area contributed by atoms with Crippen LogP contribution in [0, 0.1) is 0 Å². The molecule has 18 aromatic rings. The van der Waals surface area contributed by atoms with Gasteiger partial charge >= 0.3 is 7.12 Å². The van der Waals surface area contributed by atoms with E-state index >= 15 is 0 Å². The minimum Gasteiger partial charge on any atom is -0.454 e. The summed E-state index contributed by atoms with van der Waals surface area (Å²) < 4.78 is 27.9. The van der Waals surface area contributed by atoms with Crippen LogP contribution >= 0.6 is 47.8 Å². The number of furan rings is 2. The van der Waals surface area contributed by atoms with E-state index in [4.69, 9.17) is 18.1 Å². The maximum absolute atomic E-state index is 6.45. The lowest BCUT2D eigenvalue weighted by Gasteiger charge is -2.32. The minimum absolute atomic E-state index is 0.